The molecule has 0 radical (unpaired) electrons. The largest absolute Gasteiger partial charge is 0.335 e. The van der Waals surface area contributed by atoms with Crippen LogP contribution in [0.1, 0.15) is 29.2 Å². The van der Waals surface area contributed by atoms with Gasteiger partial charge >= 0.3 is 0 Å². The Morgan fingerprint density at radius 1 is 1.32 bits per heavy atom. The Labute approximate surface area is 135 Å². The van der Waals surface area contributed by atoms with Crippen molar-refractivity contribution in [3.05, 3.63) is 16.6 Å². The molecule has 3 rings (SSSR count). The number of nitrogens with zero attached hydrogens (tertiary/aromatic N) is 4. The molecular formula is C16H24N4OS. The molecule has 1 aliphatic rings. The van der Waals surface area contributed by atoms with Crippen LogP contribution in [0.5, 0.6) is 0 Å². The Morgan fingerprint density at radius 3 is 2.59 bits per heavy atom. The highest BCUT2D eigenvalue weighted by molar-refractivity contribution is 7.20. The summed E-state index contributed by atoms with van der Waals surface area (Å²) in [6, 6.07) is 2.01. The van der Waals surface area contributed by atoms with Gasteiger partial charge in [0.15, 0.2) is 0 Å². The number of amides is 1. The molecule has 0 spiro atoms. The van der Waals surface area contributed by atoms with E-state index in [0.29, 0.717) is 5.92 Å². The maximum absolute atomic E-state index is 12.7. The number of piperazine rings is 1. The normalized spacial score (nSPS) is 16.9. The molecule has 0 aliphatic carbocycles. The number of carbonyl (C=O) groups is 1. The molecule has 2 aromatic rings. The SMILES string of the molecule is Cc1nn(C)c2sc(C(=O)N3CCN(CC(C)C)CC3)cc12. The minimum Gasteiger partial charge on any atom is -0.335 e. The van der Waals surface area contributed by atoms with Crippen molar-refractivity contribution in [2.75, 3.05) is 32.7 Å². The maximum Gasteiger partial charge on any atom is 0.264 e. The molecule has 5 nitrogen and oxygen atoms in total. The van der Waals surface area contributed by atoms with E-state index in [1.54, 1.807) is 11.3 Å². The first-order valence-electron chi connectivity index (χ1n) is 7.90. The first kappa shape index (κ1) is 15.5. The Bertz CT molecular complexity index is 645. The van der Waals surface area contributed by atoms with Crippen LogP contribution >= 0.6 is 11.3 Å². The van der Waals surface area contributed by atoms with Crippen molar-refractivity contribution < 1.29 is 4.79 Å². The summed E-state index contributed by atoms with van der Waals surface area (Å²) in [5, 5.41) is 5.50. The highest BCUT2D eigenvalue weighted by Crippen LogP contribution is 2.28. The van der Waals surface area contributed by atoms with Crippen LogP contribution in [0.15, 0.2) is 6.07 Å². The number of aromatic nitrogens is 2. The Kier molecular flexibility index (Phi) is 4.23. The van der Waals surface area contributed by atoms with Gasteiger partial charge in [0.2, 0.25) is 0 Å². The summed E-state index contributed by atoms with van der Waals surface area (Å²) in [5.41, 5.74) is 0.995. The van der Waals surface area contributed by atoms with Crippen molar-refractivity contribution in [3.8, 4) is 0 Å². The molecule has 1 aliphatic heterocycles. The first-order valence-corrected chi connectivity index (χ1v) is 8.72. The van der Waals surface area contributed by atoms with Crippen molar-refractivity contribution in [1.29, 1.82) is 0 Å². The number of fused-ring (bicyclic) bond motifs is 1. The first-order chi connectivity index (χ1) is 10.5. The zero-order valence-corrected chi connectivity index (χ0v) is 14.6. The third-order valence-corrected chi connectivity index (χ3v) is 5.38. The lowest BCUT2D eigenvalue weighted by Crippen LogP contribution is -2.49. The molecule has 0 unspecified atom stereocenters. The van der Waals surface area contributed by atoms with Gasteiger partial charge in [-0.3, -0.25) is 14.4 Å². The number of hydrogen-bond donors (Lipinski definition) is 0. The van der Waals surface area contributed by atoms with Gasteiger partial charge in [-0.1, -0.05) is 13.8 Å². The third-order valence-electron chi connectivity index (χ3n) is 4.19. The fourth-order valence-corrected chi connectivity index (χ4v) is 4.21. The van der Waals surface area contributed by atoms with E-state index in [-0.39, 0.29) is 5.91 Å². The van der Waals surface area contributed by atoms with Crippen molar-refractivity contribution >= 4 is 27.5 Å². The van der Waals surface area contributed by atoms with E-state index in [0.717, 1.165) is 53.5 Å². The lowest BCUT2D eigenvalue weighted by molar-refractivity contribution is 0.0628. The van der Waals surface area contributed by atoms with E-state index in [4.69, 9.17) is 0 Å². The highest BCUT2D eigenvalue weighted by Gasteiger charge is 2.24. The number of carbonyl (C=O) groups excluding carboxylic acids is 1. The predicted molar refractivity (Wildman–Crippen MR) is 90.5 cm³/mol. The van der Waals surface area contributed by atoms with Gasteiger partial charge in [-0.2, -0.15) is 5.10 Å². The predicted octanol–water partition coefficient (Wildman–Crippen LogP) is 2.36. The number of hydrogen-bond acceptors (Lipinski definition) is 4. The summed E-state index contributed by atoms with van der Waals surface area (Å²) >= 11 is 1.55. The second-order valence-corrected chi connectivity index (χ2v) is 7.56. The molecule has 1 fully saturated rings. The van der Waals surface area contributed by atoms with Crippen molar-refractivity contribution in [3.63, 3.8) is 0 Å². The molecule has 1 saturated heterocycles. The standard InChI is InChI=1S/C16H24N4OS/c1-11(2)10-19-5-7-20(8-6-19)15(21)14-9-13-12(3)17-18(4)16(13)22-14/h9,11H,5-8,10H2,1-4H3. The summed E-state index contributed by atoms with van der Waals surface area (Å²) in [6.45, 7) is 11.2. The summed E-state index contributed by atoms with van der Waals surface area (Å²) in [7, 11) is 1.94. The van der Waals surface area contributed by atoms with Gasteiger partial charge in [-0.05, 0) is 18.9 Å². The molecule has 0 N–H and O–H groups in total. The summed E-state index contributed by atoms with van der Waals surface area (Å²) in [5.74, 6) is 0.852. The van der Waals surface area contributed by atoms with Gasteiger partial charge < -0.3 is 4.90 Å². The lowest BCUT2D eigenvalue weighted by Gasteiger charge is -2.35. The molecule has 1 amide bonds. The Balaban J connectivity index is 1.70. The minimum atomic E-state index is 0.171. The van der Waals surface area contributed by atoms with Gasteiger partial charge in [0.25, 0.3) is 5.91 Å². The second kappa shape index (κ2) is 6.01. The van der Waals surface area contributed by atoms with Gasteiger partial charge in [-0.15, -0.1) is 11.3 Å². The average Bonchev–Trinajstić information content (AvgIpc) is 3.01. The molecule has 120 valence electrons. The van der Waals surface area contributed by atoms with Crippen molar-refractivity contribution in [2.24, 2.45) is 13.0 Å². The molecule has 6 heteroatoms. The van der Waals surface area contributed by atoms with Crippen LogP contribution in [0.25, 0.3) is 10.2 Å². The average molecular weight is 320 g/mol. The second-order valence-electron chi connectivity index (χ2n) is 6.53. The van der Waals surface area contributed by atoms with E-state index < -0.39 is 0 Å². The van der Waals surface area contributed by atoms with Crippen LogP contribution in [-0.4, -0.2) is 58.2 Å². The molecule has 0 saturated carbocycles. The van der Waals surface area contributed by atoms with Gasteiger partial charge in [0.1, 0.15) is 4.83 Å². The highest BCUT2D eigenvalue weighted by atomic mass is 32.1. The number of aryl methyl sites for hydroxylation is 2. The van der Waals surface area contributed by atoms with Crippen molar-refractivity contribution in [1.82, 2.24) is 19.6 Å². The monoisotopic (exact) mass is 320 g/mol. The van der Waals surface area contributed by atoms with Gasteiger partial charge in [-0.25, -0.2) is 0 Å². The van der Waals surface area contributed by atoms with E-state index >= 15 is 0 Å². The zero-order valence-electron chi connectivity index (χ0n) is 13.8. The lowest BCUT2D eigenvalue weighted by atomic mass is 10.2. The van der Waals surface area contributed by atoms with Crippen LogP contribution in [0.4, 0.5) is 0 Å². The van der Waals surface area contributed by atoms with Crippen LogP contribution in [0.3, 0.4) is 0 Å². The van der Waals surface area contributed by atoms with Gasteiger partial charge in [0.05, 0.1) is 10.6 Å². The molecule has 22 heavy (non-hydrogen) atoms. The summed E-state index contributed by atoms with van der Waals surface area (Å²) in [4.78, 5) is 19.1. The topological polar surface area (TPSA) is 41.4 Å². The summed E-state index contributed by atoms with van der Waals surface area (Å²) in [6.07, 6.45) is 0. The van der Waals surface area contributed by atoms with E-state index in [1.807, 2.05) is 29.6 Å². The van der Waals surface area contributed by atoms with Crippen LogP contribution in [-0.2, 0) is 7.05 Å². The molecule has 3 heterocycles. The summed E-state index contributed by atoms with van der Waals surface area (Å²) < 4.78 is 1.87. The van der Waals surface area contributed by atoms with Crippen LogP contribution in [0, 0.1) is 12.8 Å². The Morgan fingerprint density at radius 2 is 2.00 bits per heavy atom. The number of rotatable bonds is 3. The zero-order chi connectivity index (χ0) is 15.9. The molecule has 2 aromatic heterocycles. The van der Waals surface area contributed by atoms with E-state index in [2.05, 4.69) is 23.8 Å². The van der Waals surface area contributed by atoms with Crippen molar-refractivity contribution in [2.45, 2.75) is 20.8 Å². The van der Waals surface area contributed by atoms with Crippen LogP contribution in [0.2, 0.25) is 0 Å². The maximum atomic E-state index is 12.7. The molecular weight excluding hydrogens is 296 g/mol. The molecule has 0 aromatic carbocycles. The minimum absolute atomic E-state index is 0.171. The van der Waals surface area contributed by atoms with E-state index in [9.17, 15) is 4.79 Å². The molecule has 0 atom stereocenters. The van der Waals surface area contributed by atoms with E-state index in [1.165, 1.54) is 0 Å². The smallest absolute Gasteiger partial charge is 0.264 e. The fourth-order valence-electron chi connectivity index (χ4n) is 3.12. The number of thiophene rings is 1. The molecule has 0 bridgehead atoms. The quantitative estimate of drug-likeness (QED) is 0.872. The fraction of sp³-hybridized carbons (Fsp3) is 0.625. The third kappa shape index (κ3) is 2.90. The van der Waals surface area contributed by atoms with Gasteiger partial charge in [0, 0.05) is 45.2 Å². The Hall–Kier alpha value is -1.40. The van der Waals surface area contributed by atoms with Crippen LogP contribution < -0.4 is 0 Å².